The van der Waals surface area contributed by atoms with Gasteiger partial charge in [-0.3, -0.25) is 10.9 Å². The maximum atomic E-state index is 10.7. The average Bonchev–Trinajstić information content (AvgIpc) is 2.86. The van der Waals surface area contributed by atoms with Crippen molar-refractivity contribution in [3.05, 3.63) is 89.5 Å². The Bertz CT molecular complexity index is 1140. The SMILES string of the molecule is CSC(=Nc1ccccc1)N/N=C/c1cc(C)cc(/C=N/NC(Nc2ccccc2)SC)c1O. The number of nitrogens with zero attached hydrogens (tertiary/aromatic N) is 3. The molecular weight excluding hydrogens is 464 g/mol. The Morgan fingerprint density at radius 3 is 2.15 bits per heavy atom. The number of thioether (sulfide) groups is 2. The van der Waals surface area contributed by atoms with Crippen molar-refractivity contribution in [1.29, 1.82) is 0 Å². The van der Waals surface area contributed by atoms with E-state index in [1.807, 2.05) is 92.2 Å². The summed E-state index contributed by atoms with van der Waals surface area (Å²) in [4.78, 5) is 4.52. The minimum Gasteiger partial charge on any atom is -0.507 e. The minimum absolute atomic E-state index is 0.101. The fourth-order valence-corrected chi connectivity index (χ4v) is 3.69. The van der Waals surface area contributed by atoms with Crippen LogP contribution in [0.25, 0.3) is 0 Å². The smallest absolute Gasteiger partial charge is 0.182 e. The van der Waals surface area contributed by atoms with Gasteiger partial charge in [-0.15, -0.1) is 11.8 Å². The van der Waals surface area contributed by atoms with Gasteiger partial charge in [0.05, 0.1) is 18.1 Å². The van der Waals surface area contributed by atoms with Crippen molar-refractivity contribution in [2.45, 2.75) is 12.4 Å². The van der Waals surface area contributed by atoms with Crippen LogP contribution in [0.3, 0.4) is 0 Å². The van der Waals surface area contributed by atoms with Crippen molar-refractivity contribution in [2.75, 3.05) is 17.8 Å². The predicted octanol–water partition coefficient (Wildman–Crippen LogP) is 5.36. The Labute approximate surface area is 208 Å². The quantitative estimate of drug-likeness (QED) is 0.139. The van der Waals surface area contributed by atoms with E-state index in [-0.39, 0.29) is 11.2 Å². The van der Waals surface area contributed by atoms with Gasteiger partial charge in [0.25, 0.3) is 0 Å². The van der Waals surface area contributed by atoms with Crippen LogP contribution >= 0.6 is 23.5 Å². The molecule has 9 heteroatoms. The highest BCUT2D eigenvalue weighted by atomic mass is 32.2. The first-order chi connectivity index (χ1) is 16.6. The average molecular weight is 493 g/mol. The molecule has 176 valence electrons. The summed E-state index contributed by atoms with van der Waals surface area (Å²) >= 11 is 3.04. The van der Waals surface area contributed by atoms with Gasteiger partial charge in [-0.25, -0.2) is 4.99 Å². The topological polar surface area (TPSA) is 93.4 Å². The molecule has 0 bridgehead atoms. The number of aromatic hydroxyl groups is 1. The molecule has 0 aliphatic heterocycles. The van der Waals surface area contributed by atoms with E-state index in [2.05, 4.69) is 31.4 Å². The first-order valence-corrected chi connectivity index (χ1v) is 13.0. The van der Waals surface area contributed by atoms with Gasteiger partial charge in [0.2, 0.25) is 0 Å². The number of amidine groups is 1. The Morgan fingerprint density at radius 2 is 1.53 bits per heavy atom. The summed E-state index contributed by atoms with van der Waals surface area (Å²) in [5, 5.41) is 23.3. The van der Waals surface area contributed by atoms with E-state index < -0.39 is 0 Å². The second kappa shape index (κ2) is 13.3. The molecule has 0 spiro atoms. The fourth-order valence-electron chi connectivity index (χ4n) is 2.93. The number of rotatable bonds is 9. The van der Waals surface area contributed by atoms with E-state index in [0.717, 1.165) is 16.9 Å². The summed E-state index contributed by atoms with van der Waals surface area (Å²) < 4.78 is 0. The molecule has 3 aromatic rings. The lowest BCUT2D eigenvalue weighted by Gasteiger charge is -2.17. The van der Waals surface area contributed by atoms with Gasteiger partial charge < -0.3 is 10.4 Å². The van der Waals surface area contributed by atoms with E-state index in [1.165, 1.54) is 11.8 Å². The van der Waals surface area contributed by atoms with Crippen molar-refractivity contribution in [3.8, 4) is 5.75 Å². The second-order valence-corrected chi connectivity index (χ2v) is 8.87. The second-order valence-electron chi connectivity index (χ2n) is 7.13. The molecule has 4 N–H and O–H groups in total. The van der Waals surface area contributed by atoms with E-state index >= 15 is 0 Å². The molecule has 1 atom stereocenters. The molecule has 0 aliphatic carbocycles. The zero-order valence-electron chi connectivity index (χ0n) is 19.3. The zero-order chi connectivity index (χ0) is 24.2. The molecule has 7 nitrogen and oxygen atoms in total. The summed E-state index contributed by atoms with van der Waals surface area (Å²) in [6.45, 7) is 1.96. The van der Waals surface area contributed by atoms with Crippen LogP contribution in [0.5, 0.6) is 5.75 Å². The van der Waals surface area contributed by atoms with E-state index in [4.69, 9.17) is 0 Å². The Hall–Kier alpha value is -3.43. The predicted molar refractivity (Wildman–Crippen MR) is 149 cm³/mol. The van der Waals surface area contributed by atoms with Gasteiger partial charge in [-0.1, -0.05) is 48.2 Å². The number of phenols is 1. The lowest BCUT2D eigenvalue weighted by atomic mass is 10.1. The van der Waals surface area contributed by atoms with Crippen molar-refractivity contribution >= 4 is 52.5 Å². The normalized spacial score (nSPS) is 12.7. The third-order valence-corrected chi connectivity index (χ3v) is 5.82. The number of aryl methyl sites for hydroxylation is 1. The molecule has 0 aromatic heterocycles. The van der Waals surface area contributed by atoms with Crippen LogP contribution in [0, 0.1) is 6.92 Å². The third-order valence-electron chi connectivity index (χ3n) is 4.56. The van der Waals surface area contributed by atoms with Crippen molar-refractivity contribution in [1.82, 2.24) is 10.9 Å². The fraction of sp³-hybridized carbons (Fsp3) is 0.160. The van der Waals surface area contributed by atoms with Crippen LogP contribution in [0.2, 0.25) is 0 Å². The van der Waals surface area contributed by atoms with Gasteiger partial charge in [0, 0.05) is 16.8 Å². The van der Waals surface area contributed by atoms with Gasteiger partial charge >= 0.3 is 0 Å². The van der Waals surface area contributed by atoms with Gasteiger partial charge in [0.1, 0.15) is 5.75 Å². The number of benzene rings is 3. The Morgan fingerprint density at radius 1 is 0.912 bits per heavy atom. The summed E-state index contributed by atoms with van der Waals surface area (Å²) in [6, 6.07) is 23.3. The first kappa shape index (κ1) is 25.2. The van der Waals surface area contributed by atoms with Crippen LogP contribution in [-0.4, -0.2) is 40.7 Å². The molecule has 1 unspecified atom stereocenters. The molecule has 34 heavy (non-hydrogen) atoms. The molecule has 3 rings (SSSR count). The molecule has 0 aliphatic rings. The summed E-state index contributed by atoms with van der Waals surface area (Å²) in [5.74, 6) is 0.101. The van der Waals surface area contributed by atoms with Crippen LogP contribution in [0.4, 0.5) is 11.4 Å². The largest absolute Gasteiger partial charge is 0.507 e. The number of hydrazone groups is 2. The van der Waals surface area contributed by atoms with Crippen LogP contribution in [0.1, 0.15) is 16.7 Å². The number of para-hydroxylation sites is 2. The molecule has 3 aromatic carbocycles. The summed E-state index contributed by atoms with van der Waals surface area (Å²) in [6.07, 6.45) is 7.09. The molecule has 0 radical (unpaired) electrons. The number of anilines is 1. The van der Waals surface area contributed by atoms with E-state index in [9.17, 15) is 5.11 Å². The summed E-state index contributed by atoms with van der Waals surface area (Å²) in [7, 11) is 0. The van der Waals surface area contributed by atoms with Gasteiger partial charge in [-0.05, 0) is 61.4 Å². The highest BCUT2D eigenvalue weighted by molar-refractivity contribution is 8.13. The lowest BCUT2D eigenvalue weighted by Crippen LogP contribution is -2.29. The van der Waals surface area contributed by atoms with Crippen LogP contribution in [0.15, 0.2) is 88.0 Å². The van der Waals surface area contributed by atoms with Crippen molar-refractivity contribution in [3.63, 3.8) is 0 Å². The highest BCUT2D eigenvalue weighted by Crippen LogP contribution is 2.22. The van der Waals surface area contributed by atoms with E-state index in [1.54, 1.807) is 24.2 Å². The van der Waals surface area contributed by atoms with Gasteiger partial charge in [0.15, 0.2) is 10.7 Å². The van der Waals surface area contributed by atoms with E-state index in [0.29, 0.717) is 16.3 Å². The summed E-state index contributed by atoms with van der Waals surface area (Å²) in [5.41, 5.74) is 9.87. The minimum atomic E-state index is -0.121. The third kappa shape index (κ3) is 7.86. The van der Waals surface area contributed by atoms with Crippen LogP contribution < -0.4 is 16.2 Å². The lowest BCUT2D eigenvalue weighted by molar-refractivity contribution is 0.473. The van der Waals surface area contributed by atoms with Crippen molar-refractivity contribution < 1.29 is 5.11 Å². The zero-order valence-corrected chi connectivity index (χ0v) is 20.9. The number of nitrogens with one attached hydrogen (secondary N) is 3. The van der Waals surface area contributed by atoms with Crippen molar-refractivity contribution in [2.24, 2.45) is 15.2 Å². The monoisotopic (exact) mass is 492 g/mol. The number of hydrogen-bond acceptors (Lipinski definition) is 8. The highest BCUT2D eigenvalue weighted by Gasteiger charge is 2.07. The molecular formula is C25H28N6OS2. The van der Waals surface area contributed by atoms with Gasteiger partial charge in [-0.2, -0.15) is 10.2 Å². The molecule has 0 amide bonds. The Balaban J connectivity index is 1.67. The first-order valence-electron chi connectivity index (χ1n) is 10.5. The number of phenolic OH excluding ortho intramolecular Hbond substituents is 1. The van der Waals surface area contributed by atoms with Crippen LogP contribution in [-0.2, 0) is 0 Å². The molecule has 0 heterocycles. The molecule has 0 fully saturated rings. The standard InChI is InChI=1S/C25H28N6OS2/c1-18-14-19(16-26-30-24(33-2)28-21-10-6-4-7-11-21)23(32)20(15-18)17-27-31-25(34-3)29-22-12-8-5-9-13-22/h4-17,24,28,30,32H,1-3H3,(H,29,31)/b26-16+,27-17+. The Kier molecular flexibility index (Phi) is 9.87. The molecule has 0 saturated carbocycles. The maximum Gasteiger partial charge on any atom is 0.182 e. The molecule has 0 saturated heterocycles. The number of hydrogen-bond donors (Lipinski definition) is 4. The number of aliphatic imine (C=N–C) groups is 1. The maximum absolute atomic E-state index is 10.7.